The van der Waals surface area contributed by atoms with Crippen molar-refractivity contribution in [3.63, 3.8) is 0 Å². The van der Waals surface area contributed by atoms with Crippen LogP contribution in [0.1, 0.15) is 40.0 Å². The van der Waals surface area contributed by atoms with E-state index in [0.717, 1.165) is 13.1 Å². The molecule has 2 nitrogen and oxygen atoms in total. The molecule has 0 amide bonds. The first-order chi connectivity index (χ1) is 6.28. The molecule has 0 fully saturated rings. The Bertz CT molecular complexity index is 100. The van der Waals surface area contributed by atoms with E-state index < -0.39 is 0 Å². The molecule has 0 saturated heterocycles. The third kappa shape index (κ3) is 6.05. The molecule has 0 heterocycles. The van der Waals surface area contributed by atoms with Crippen LogP contribution in [0, 0.1) is 5.92 Å². The maximum absolute atomic E-state index is 5.69. The van der Waals surface area contributed by atoms with Gasteiger partial charge in [0.1, 0.15) is 0 Å². The van der Waals surface area contributed by atoms with E-state index in [2.05, 4.69) is 25.7 Å². The van der Waals surface area contributed by atoms with Gasteiger partial charge in [0, 0.05) is 6.54 Å². The van der Waals surface area contributed by atoms with Crippen molar-refractivity contribution in [2.75, 3.05) is 26.2 Å². The van der Waals surface area contributed by atoms with Crippen LogP contribution in [0.3, 0.4) is 0 Å². The zero-order valence-electron chi connectivity index (χ0n) is 9.55. The number of rotatable bonds is 8. The van der Waals surface area contributed by atoms with Gasteiger partial charge in [0.05, 0.1) is 0 Å². The minimum absolute atomic E-state index is 0.691. The molecule has 2 heteroatoms. The zero-order valence-corrected chi connectivity index (χ0v) is 9.55. The molecule has 0 aromatic heterocycles. The molecule has 0 spiro atoms. The summed E-state index contributed by atoms with van der Waals surface area (Å²) in [5, 5.41) is 0. The molecule has 2 N–H and O–H groups in total. The van der Waals surface area contributed by atoms with Crippen LogP contribution in [0.15, 0.2) is 0 Å². The van der Waals surface area contributed by atoms with Crippen LogP contribution in [-0.4, -0.2) is 31.1 Å². The third-order valence-corrected chi connectivity index (χ3v) is 2.70. The molecular formula is C11H26N2. The predicted octanol–water partition coefficient (Wildman–Crippen LogP) is 2.09. The maximum atomic E-state index is 5.69. The number of hydrogen-bond donors (Lipinski definition) is 1. The normalized spacial score (nSPS) is 13.6. The maximum Gasteiger partial charge on any atom is 0.00215 e. The molecular weight excluding hydrogens is 160 g/mol. The van der Waals surface area contributed by atoms with Crippen molar-refractivity contribution >= 4 is 0 Å². The van der Waals surface area contributed by atoms with Crippen LogP contribution in [0.2, 0.25) is 0 Å². The molecule has 0 aromatic rings. The highest BCUT2D eigenvalue weighted by Crippen LogP contribution is 2.04. The molecule has 13 heavy (non-hydrogen) atoms. The van der Waals surface area contributed by atoms with Crippen molar-refractivity contribution in [1.82, 2.24) is 4.90 Å². The van der Waals surface area contributed by atoms with Gasteiger partial charge >= 0.3 is 0 Å². The van der Waals surface area contributed by atoms with Gasteiger partial charge in [0.25, 0.3) is 0 Å². The average Bonchev–Trinajstić information content (AvgIpc) is 2.19. The smallest absolute Gasteiger partial charge is 0.00215 e. The Balaban J connectivity index is 3.67. The molecule has 0 radical (unpaired) electrons. The van der Waals surface area contributed by atoms with Gasteiger partial charge in [-0.15, -0.1) is 0 Å². The summed E-state index contributed by atoms with van der Waals surface area (Å²) in [5.74, 6) is 0.691. The van der Waals surface area contributed by atoms with Gasteiger partial charge in [0.15, 0.2) is 0 Å². The Morgan fingerprint density at radius 1 is 1.23 bits per heavy atom. The van der Waals surface area contributed by atoms with Gasteiger partial charge in [0.2, 0.25) is 0 Å². The fourth-order valence-electron chi connectivity index (χ4n) is 1.50. The van der Waals surface area contributed by atoms with E-state index in [0.29, 0.717) is 5.92 Å². The van der Waals surface area contributed by atoms with Crippen molar-refractivity contribution in [1.29, 1.82) is 0 Å². The topological polar surface area (TPSA) is 29.3 Å². The Morgan fingerprint density at radius 3 is 2.31 bits per heavy atom. The third-order valence-electron chi connectivity index (χ3n) is 2.70. The predicted molar refractivity (Wildman–Crippen MR) is 59.9 cm³/mol. The monoisotopic (exact) mass is 186 g/mol. The van der Waals surface area contributed by atoms with Gasteiger partial charge in [-0.05, 0) is 32.0 Å². The Hall–Kier alpha value is -0.0800. The lowest BCUT2D eigenvalue weighted by Gasteiger charge is -2.24. The summed E-state index contributed by atoms with van der Waals surface area (Å²) in [6.07, 6.45) is 3.81. The second-order valence-electron chi connectivity index (χ2n) is 3.76. The lowest BCUT2D eigenvalue weighted by molar-refractivity contribution is 0.237. The average molecular weight is 186 g/mol. The summed E-state index contributed by atoms with van der Waals surface area (Å²) >= 11 is 0. The number of nitrogens with two attached hydrogens (primary N) is 1. The second-order valence-corrected chi connectivity index (χ2v) is 3.76. The van der Waals surface area contributed by atoms with Crippen LogP contribution >= 0.6 is 0 Å². The van der Waals surface area contributed by atoms with E-state index in [9.17, 15) is 0 Å². The van der Waals surface area contributed by atoms with Crippen molar-refractivity contribution in [3.8, 4) is 0 Å². The van der Waals surface area contributed by atoms with Gasteiger partial charge in [-0.3, -0.25) is 0 Å². The van der Waals surface area contributed by atoms with Crippen molar-refractivity contribution in [2.45, 2.75) is 40.0 Å². The van der Waals surface area contributed by atoms with E-state index >= 15 is 0 Å². The molecule has 1 unspecified atom stereocenters. The summed E-state index contributed by atoms with van der Waals surface area (Å²) < 4.78 is 0. The summed E-state index contributed by atoms with van der Waals surface area (Å²) in [6.45, 7) is 11.1. The van der Waals surface area contributed by atoms with E-state index in [1.807, 2.05) is 0 Å². The minimum Gasteiger partial charge on any atom is -0.330 e. The Morgan fingerprint density at radius 2 is 1.92 bits per heavy atom. The number of hydrogen-bond acceptors (Lipinski definition) is 2. The van der Waals surface area contributed by atoms with E-state index in [-0.39, 0.29) is 0 Å². The zero-order chi connectivity index (χ0) is 10.1. The molecule has 0 saturated carbocycles. The lowest BCUT2D eigenvalue weighted by atomic mass is 10.1. The molecule has 0 aliphatic carbocycles. The van der Waals surface area contributed by atoms with Crippen LogP contribution in [-0.2, 0) is 0 Å². The van der Waals surface area contributed by atoms with E-state index in [1.54, 1.807) is 0 Å². The van der Waals surface area contributed by atoms with Crippen molar-refractivity contribution in [2.24, 2.45) is 11.7 Å². The highest BCUT2D eigenvalue weighted by Gasteiger charge is 2.08. The molecule has 0 rings (SSSR count). The fraction of sp³-hybridized carbons (Fsp3) is 1.00. The Labute approximate surface area is 83.5 Å². The highest BCUT2D eigenvalue weighted by atomic mass is 15.1. The van der Waals surface area contributed by atoms with Gasteiger partial charge in [-0.1, -0.05) is 33.6 Å². The quantitative estimate of drug-likeness (QED) is 0.629. The van der Waals surface area contributed by atoms with Crippen molar-refractivity contribution < 1.29 is 0 Å². The Kier molecular flexibility index (Phi) is 8.46. The fourth-order valence-corrected chi connectivity index (χ4v) is 1.50. The standard InChI is InChI=1S/C11H26N2/c1-4-7-8-13(6-3)10-11(5-2)9-12/h11H,4-10,12H2,1-3H3. The number of unbranched alkanes of at least 4 members (excludes halogenated alkanes) is 1. The van der Waals surface area contributed by atoms with Crippen molar-refractivity contribution in [3.05, 3.63) is 0 Å². The number of nitrogens with zero attached hydrogens (tertiary/aromatic N) is 1. The molecule has 0 bridgehead atoms. The second kappa shape index (κ2) is 8.52. The first-order valence-corrected chi connectivity index (χ1v) is 5.70. The van der Waals surface area contributed by atoms with Crippen LogP contribution in [0.5, 0.6) is 0 Å². The van der Waals surface area contributed by atoms with Gasteiger partial charge in [-0.25, -0.2) is 0 Å². The van der Waals surface area contributed by atoms with E-state index in [4.69, 9.17) is 5.73 Å². The van der Waals surface area contributed by atoms with Crippen LogP contribution in [0.4, 0.5) is 0 Å². The molecule has 1 atom stereocenters. The SMILES string of the molecule is CCCCN(CC)CC(CC)CN. The highest BCUT2D eigenvalue weighted by molar-refractivity contribution is 4.64. The first-order valence-electron chi connectivity index (χ1n) is 5.70. The summed E-state index contributed by atoms with van der Waals surface area (Å²) in [4.78, 5) is 2.52. The molecule has 0 aliphatic heterocycles. The van der Waals surface area contributed by atoms with E-state index in [1.165, 1.54) is 32.4 Å². The largest absolute Gasteiger partial charge is 0.330 e. The first kappa shape index (κ1) is 12.9. The van der Waals surface area contributed by atoms with Crippen LogP contribution < -0.4 is 5.73 Å². The molecule has 0 aliphatic rings. The summed E-state index contributed by atoms with van der Waals surface area (Å²) in [6, 6.07) is 0. The molecule has 80 valence electrons. The summed E-state index contributed by atoms with van der Waals surface area (Å²) in [5.41, 5.74) is 5.69. The molecule has 0 aromatic carbocycles. The summed E-state index contributed by atoms with van der Waals surface area (Å²) in [7, 11) is 0. The minimum atomic E-state index is 0.691. The van der Waals surface area contributed by atoms with Crippen LogP contribution in [0.25, 0.3) is 0 Å². The lowest BCUT2D eigenvalue weighted by Crippen LogP contribution is -2.33. The van der Waals surface area contributed by atoms with Gasteiger partial charge < -0.3 is 10.6 Å². The van der Waals surface area contributed by atoms with Gasteiger partial charge in [-0.2, -0.15) is 0 Å².